The number of rotatable bonds is 1. The summed E-state index contributed by atoms with van der Waals surface area (Å²) in [7, 11) is 1.90. The van der Waals surface area contributed by atoms with Gasteiger partial charge in [-0.05, 0) is 63.2 Å². The molecule has 0 amide bonds. The molecular formula is C16H28O2. The van der Waals surface area contributed by atoms with Gasteiger partial charge in [0.25, 0.3) is 0 Å². The minimum atomic E-state index is 0.0669. The molecule has 0 aromatic rings. The molecule has 2 aliphatic carbocycles. The van der Waals surface area contributed by atoms with Crippen molar-refractivity contribution in [3.05, 3.63) is 0 Å². The van der Waals surface area contributed by atoms with Crippen LogP contribution in [0.25, 0.3) is 0 Å². The van der Waals surface area contributed by atoms with E-state index >= 15 is 0 Å². The molecule has 5 atom stereocenters. The zero-order valence-corrected chi connectivity index (χ0v) is 12.6. The van der Waals surface area contributed by atoms with E-state index in [4.69, 9.17) is 9.47 Å². The van der Waals surface area contributed by atoms with Crippen molar-refractivity contribution in [1.82, 2.24) is 0 Å². The van der Waals surface area contributed by atoms with Gasteiger partial charge >= 0.3 is 0 Å². The summed E-state index contributed by atoms with van der Waals surface area (Å²) < 4.78 is 11.9. The van der Waals surface area contributed by atoms with Gasteiger partial charge in [-0.15, -0.1) is 0 Å². The van der Waals surface area contributed by atoms with Crippen molar-refractivity contribution in [2.75, 3.05) is 7.11 Å². The number of ether oxygens (including phenoxy) is 2. The van der Waals surface area contributed by atoms with Crippen molar-refractivity contribution in [3.63, 3.8) is 0 Å². The fourth-order valence-electron chi connectivity index (χ4n) is 4.65. The SMILES string of the molecule is CO[C@]1(C)CC[C@@H]2O[C@]2(C)CC[C@@H]2[C@@H]1CC2(C)C. The van der Waals surface area contributed by atoms with Gasteiger partial charge in [-0.25, -0.2) is 0 Å². The van der Waals surface area contributed by atoms with Gasteiger partial charge in [0.15, 0.2) is 0 Å². The van der Waals surface area contributed by atoms with E-state index in [0.29, 0.717) is 11.5 Å². The molecule has 3 rings (SSSR count). The predicted molar refractivity (Wildman–Crippen MR) is 72.5 cm³/mol. The average Bonchev–Trinajstić information content (AvgIpc) is 2.94. The second-order valence-corrected chi connectivity index (χ2v) is 7.92. The molecule has 2 saturated carbocycles. The van der Waals surface area contributed by atoms with E-state index in [1.807, 2.05) is 7.11 Å². The van der Waals surface area contributed by atoms with E-state index in [-0.39, 0.29) is 11.2 Å². The number of hydrogen-bond acceptors (Lipinski definition) is 2. The lowest BCUT2D eigenvalue weighted by molar-refractivity contribution is -0.160. The van der Waals surface area contributed by atoms with E-state index in [9.17, 15) is 0 Å². The summed E-state index contributed by atoms with van der Waals surface area (Å²) in [5.41, 5.74) is 0.752. The monoisotopic (exact) mass is 252 g/mol. The molecule has 3 fully saturated rings. The Morgan fingerprint density at radius 1 is 1.00 bits per heavy atom. The third kappa shape index (κ3) is 1.76. The number of fused-ring (bicyclic) bond motifs is 2. The van der Waals surface area contributed by atoms with Crippen LogP contribution in [0.4, 0.5) is 0 Å². The second-order valence-electron chi connectivity index (χ2n) is 7.92. The normalized spacial score (nSPS) is 54.2. The van der Waals surface area contributed by atoms with Crippen molar-refractivity contribution in [1.29, 1.82) is 0 Å². The van der Waals surface area contributed by atoms with Gasteiger partial charge in [0.1, 0.15) is 0 Å². The van der Waals surface area contributed by atoms with Crippen molar-refractivity contribution in [2.24, 2.45) is 17.3 Å². The predicted octanol–water partition coefficient (Wildman–Crippen LogP) is 3.79. The van der Waals surface area contributed by atoms with Crippen LogP contribution in [-0.4, -0.2) is 24.4 Å². The second kappa shape index (κ2) is 3.73. The zero-order chi connectivity index (χ0) is 13.2. The highest BCUT2D eigenvalue weighted by Gasteiger charge is 2.59. The van der Waals surface area contributed by atoms with Crippen molar-refractivity contribution in [3.8, 4) is 0 Å². The van der Waals surface area contributed by atoms with Crippen LogP contribution in [0, 0.1) is 17.3 Å². The van der Waals surface area contributed by atoms with E-state index in [0.717, 1.165) is 18.3 Å². The molecule has 1 saturated heterocycles. The first-order chi connectivity index (χ1) is 8.31. The highest BCUT2D eigenvalue weighted by Crippen LogP contribution is 2.61. The Morgan fingerprint density at radius 3 is 2.33 bits per heavy atom. The smallest absolute Gasteiger partial charge is 0.0920 e. The van der Waals surface area contributed by atoms with Crippen LogP contribution in [-0.2, 0) is 9.47 Å². The lowest BCUT2D eigenvalue weighted by atomic mass is 9.49. The Bertz CT molecular complexity index is 351. The van der Waals surface area contributed by atoms with Crippen LogP contribution in [0.1, 0.15) is 59.8 Å². The molecule has 0 radical (unpaired) electrons. The van der Waals surface area contributed by atoms with Crippen LogP contribution in [0.5, 0.6) is 0 Å². The summed E-state index contributed by atoms with van der Waals surface area (Å²) in [4.78, 5) is 0. The zero-order valence-electron chi connectivity index (χ0n) is 12.6. The molecule has 3 aliphatic rings. The van der Waals surface area contributed by atoms with E-state index < -0.39 is 0 Å². The lowest BCUT2D eigenvalue weighted by Crippen LogP contribution is -2.55. The molecule has 1 heterocycles. The van der Waals surface area contributed by atoms with Gasteiger partial charge < -0.3 is 9.47 Å². The standard InChI is InChI=1S/C16H28O2/c1-14(2)10-12-11(14)6-8-16(4)13(18-16)7-9-15(12,3)17-5/h11-13H,6-10H2,1-5H3/t11-,12+,13+,15-,16-/m1/s1. The average molecular weight is 252 g/mol. The summed E-state index contributed by atoms with van der Waals surface area (Å²) in [5, 5.41) is 0. The van der Waals surface area contributed by atoms with E-state index in [1.165, 1.54) is 25.7 Å². The molecule has 104 valence electrons. The summed E-state index contributed by atoms with van der Waals surface area (Å²) in [6.45, 7) is 9.48. The highest BCUT2D eigenvalue weighted by molar-refractivity contribution is 5.09. The van der Waals surface area contributed by atoms with Gasteiger partial charge in [0.05, 0.1) is 17.3 Å². The highest BCUT2D eigenvalue weighted by atomic mass is 16.6. The molecule has 0 N–H and O–H groups in total. The third-order valence-electron chi connectivity index (χ3n) is 6.38. The van der Waals surface area contributed by atoms with Crippen LogP contribution >= 0.6 is 0 Å². The summed E-state index contributed by atoms with van der Waals surface area (Å²) in [5.74, 6) is 1.56. The first kappa shape index (κ1) is 12.9. The van der Waals surface area contributed by atoms with Crippen LogP contribution in [0.2, 0.25) is 0 Å². The Hall–Kier alpha value is -0.0800. The molecule has 0 aromatic heterocycles. The van der Waals surface area contributed by atoms with Crippen LogP contribution in [0.15, 0.2) is 0 Å². The first-order valence-corrected chi connectivity index (χ1v) is 7.54. The molecule has 1 aliphatic heterocycles. The van der Waals surface area contributed by atoms with Gasteiger partial charge in [-0.3, -0.25) is 0 Å². The molecule has 2 heteroatoms. The number of methoxy groups -OCH3 is 1. The quantitative estimate of drug-likeness (QED) is 0.662. The lowest BCUT2D eigenvalue weighted by Gasteiger charge is -2.58. The van der Waals surface area contributed by atoms with Crippen LogP contribution < -0.4 is 0 Å². The Morgan fingerprint density at radius 2 is 1.72 bits per heavy atom. The third-order valence-corrected chi connectivity index (χ3v) is 6.38. The van der Waals surface area contributed by atoms with Gasteiger partial charge in [0.2, 0.25) is 0 Å². The fourth-order valence-corrected chi connectivity index (χ4v) is 4.65. The molecule has 0 spiro atoms. The van der Waals surface area contributed by atoms with Gasteiger partial charge in [-0.2, -0.15) is 0 Å². The number of hydrogen-bond donors (Lipinski definition) is 0. The maximum Gasteiger partial charge on any atom is 0.0920 e. The largest absolute Gasteiger partial charge is 0.378 e. The fraction of sp³-hybridized carbons (Fsp3) is 1.00. The summed E-state index contributed by atoms with van der Waals surface area (Å²) >= 11 is 0. The first-order valence-electron chi connectivity index (χ1n) is 7.54. The Balaban J connectivity index is 1.83. The minimum absolute atomic E-state index is 0.0669. The Kier molecular flexibility index (Phi) is 2.68. The molecule has 18 heavy (non-hydrogen) atoms. The molecule has 0 unspecified atom stereocenters. The maximum absolute atomic E-state index is 5.94. The van der Waals surface area contributed by atoms with Crippen LogP contribution in [0.3, 0.4) is 0 Å². The van der Waals surface area contributed by atoms with Crippen molar-refractivity contribution in [2.45, 2.75) is 77.1 Å². The maximum atomic E-state index is 5.94. The molecule has 2 nitrogen and oxygen atoms in total. The molecular weight excluding hydrogens is 224 g/mol. The van der Waals surface area contributed by atoms with Gasteiger partial charge in [-0.1, -0.05) is 13.8 Å². The van der Waals surface area contributed by atoms with E-state index in [2.05, 4.69) is 27.7 Å². The minimum Gasteiger partial charge on any atom is -0.378 e. The molecule has 0 aromatic carbocycles. The summed E-state index contributed by atoms with van der Waals surface area (Å²) in [6, 6.07) is 0. The van der Waals surface area contributed by atoms with Gasteiger partial charge in [0, 0.05) is 7.11 Å². The summed E-state index contributed by atoms with van der Waals surface area (Å²) in [6.07, 6.45) is 6.69. The topological polar surface area (TPSA) is 21.8 Å². The number of epoxide rings is 1. The van der Waals surface area contributed by atoms with Crippen molar-refractivity contribution < 1.29 is 9.47 Å². The Labute approximate surface area is 111 Å². The van der Waals surface area contributed by atoms with Crippen molar-refractivity contribution >= 4 is 0 Å². The molecule has 0 bridgehead atoms. The van der Waals surface area contributed by atoms with E-state index in [1.54, 1.807) is 0 Å².